The van der Waals surface area contributed by atoms with Crippen molar-refractivity contribution in [3.63, 3.8) is 0 Å². The van der Waals surface area contributed by atoms with Crippen LogP contribution in [0.25, 0.3) is 0 Å². The Morgan fingerprint density at radius 1 is 0.950 bits per heavy atom. The van der Waals surface area contributed by atoms with E-state index in [0.29, 0.717) is 5.69 Å². The molecule has 3 nitrogen and oxygen atoms in total. The van der Waals surface area contributed by atoms with Gasteiger partial charge in [-0.2, -0.15) is 0 Å². The third kappa shape index (κ3) is 3.61. The maximum absolute atomic E-state index is 12.2. The molecule has 2 aromatic rings. The number of aryl methyl sites for hydroxylation is 2. The first kappa shape index (κ1) is 14.6. The van der Waals surface area contributed by atoms with Gasteiger partial charge in [0.15, 0.2) is 0 Å². The summed E-state index contributed by atoms with van der Waals surface area (Å²) in [5, 5.41) is 0. The van der Waals surface area contributed by atoms with Crippen molar-refractivity contribution in [1.29, 1.82) is 0 Å². The molecule has 106 valence electrons. The topological polar surface area (TPSA) is 46.2 Å². The fourth-order valence-electron chi connectivity index (χ4n) is 1.96. The maximum atomic E-state index is 12.2. The summed E-state index contributed by atoms with van der Waals surface area (Å²) in [6.45, 7) is 4.05. The minimum atomic E-state index is -3.51. The highest BCUT2D eigenvalue weighted by molar-refractivity contribution is 7.92. The molecular weight excluding hydrogens is 270 g/mol. The monoisotopic (exact) mass is 289 g/mol. The summed E-state index contributed by atoms with van der Waals surface area (Å²) in [5.74, 6) is 0. The molecule has 0 bridgehead atoms. The second-order valence-corrected chi connectivity index (χ2v) is 6.55. The summed E-state index contributed by atoms with van der Waals surface area (Å²) in [6, 6.07) is 14.3. The van der Waals surface area contributed by atoms with E-state index in [4.69, 9.17) is 0 Å². The first-order valence-electron chi connectivity index (χ1n) is 6.69. The van der Waals surface area contributed by atoms with Gasteiger partial charge >= 0.3 is 0 Å². The van der Waals surface area contributed by atoms with E-state index in [0.717, 1.165) is 18.4 Å². The average molecular weight is 289 g/mol. The normalized spacial score (nSPS) is 11.3. The van der Waals surface area contributed by atoms with Gasteiger partial charge in [-0.05, 0) is 43.2 Å². The molecule has 2 rings (SSSR count). The maximum Gasteiger partial charge on any atom is 0.261 e. The molecule has 20 heavy (non-hydrogen) atoms. The summed E-state index contributed by atoms with van der Waals surface area (Å²) < 4.78 is 27.0. The minimum absolute atomic E-state index is 0.278. The van der Waals surface area contributed by atoms with E-state index in [1.807, 2.05) is 19.1 Å². The summed E-state index contributed by atoms with van der Waals surface area (Å²) >= 11 is 0. The first-order chi connectivity index (χ1) is 9.51. The third-order valence-corrected chi connectivity index (χ3v) is 4.47. The zero-order valence-electron chi connectivity index (χ0n) is 11.8. The van der Waals surface area contributed by atoms with Gasteiger partial charge in [0, 0.05) is 5.69 Å². The smallest absolute Gasteiger partial charge is 0.261 e. The third-order valence-electron chi connectivity index (χ3n) is 3.08. The van der Waals surface area contributed by atoms with E-state index in [9.17, 15) is 8.42 Å². The first-order valence-corrected chi connectivity index (χ1v) is 8.18. The van der Waals surface area contributed by atoms with Gasteiger partial charge in [-0.3, -0.25) is 4.72 Å². The fourth-order valence-corrected chi connectivity index (χ4v) is 3.02. The molecule has 0 aromatic heterocycles. The number of nitrogens with one attached hydrogen (secondary N) is 1. The van der Waals surface area contributed by atoms with Crippen molar-refractivity contribution in [1.82, 2.24) is 0 Å². The molecule has 0 atom stereocenters. The Balaban J connectivity index is 2.17. The molecule has 0 radical (unpaired) electrons. The second-order valence-electron chi connectivity index (χ2n) is 4.87. The van der Waals surface area contributed by atoms with Gasteiger partial charge in [-0.1, -0.05) is 43.2 Å². The SMILES string of the molecule is CCCc1ccc(NS(=O)(=O)c2ccc(C)cc2)cc1. The van der Waals surface area contributed by atoms with E-state index >= 15 is 0 Å². The highest BCUT2D eigenvalue weighted by Gasteiger charge is 2.13. The summed E-state index contributed by atoms with van der Waals surface area (Å²) in [4.78, 5) is 0.278. The Labute approximate surface area is 120 Å². The Hall–Kier alpha value is -1.81. The zero-order chi connectivity index (χ0) is 14.6. The van der Waals surface area contributed by atoms with E-state index in [-0.39, 0.29) is 4.90 Å². The lowest BCUT2D eigenvalue weighted by atomic mass is 10.1. The minimum Gasteiger partial charge on any atom is -0.280 e. The van der Waals surface area contributed by atoms with Crippen molar-refractivity contribution in [2.45, 2.75) is 31.6 Å². The molecular formula is C16H19NO2S. The van der Waals surface area contributed by atoms with Gasteiger partial charge in [-0.25, -0.2) is 8.42 Å². The summed E-state index contributed by atoms with van der Waals surface area (Å²) in [5.41, 5.74) is 2.84. The Morgan fingerprint density at radius 2 is 1.55 bits per heavy atom. The predicted octanol–water partition coefficient (Wildman–Crippen LogP) is 3.75. The van der Waals surface area contributed by atoms with Crippen LogP contribution >= 0.6 is 0 Å². The van der Waals surface area contributed by atoms with Crippen LogP contribution in [0.3, 0.4) is 0 Å². The van der Waals surface area contributed by atoms with Gasteiger partial charge in [-0.15, -0.1) is 0 Å². The van der Waals surface area contributed by atoms with E-state index < -0.39 is 10.0 Å². The molecule has 0 aliphatic carbocycles. The molecule has 2 aromatic carbocycles. The van der Waals surface area contributed by atoms with Gasteiger partial charge in [0.05, 0.1) is 4.90 Å². The summed E-state index contributed by atoms with van der Waals surface area (Å²) in [6.07, 6.45) is 2.08. The molecule has 0 amide bonds. The van der Waals surface area contributed by atoms with Crippen LogP contribution in [0.5, 0.6) is 0 Å². The molecule has 0 saturated heterocycles. The van der Waals surface area contributed by atoms with Crippen LogP contribution in [0.2, 0.25) is 0 Å². The van der Waals surface area contributed by atoms with Crippen molar-refractivity contribution >= 4 is 15.7 Å². The molecule has 1 N–H and O–H groups in total. The lowest BCUT2D eigenvalue weighted by Gasteiger charge is -2.09. The number of benzene rings is 2. The van der Waals surface area contributed by atoms with Crippen LogP contribution in [0.15, 0.2) is 53.4 Å². The van der Waals surface area contributed by atoms with Crippen LogP contribution in [-0.4, -0.2) is 8.42 Å². The van der Waals surface area contributed by atoms with Crippen LogP contribution < -0.4 is 4.72 Å². The number of anilines is 1. The van der Waals surface area contributed by atoms with Crippen molar-refractivity contribution in [2.75, 3.05) is 4.72 Å². The average Bonchev–Trinajstić information content (AvgIpc) is 2.41. The molecule has 0 heterocycles. The molecule has 0 unspecified atom stereocenters. The van der Waals surface area contributed by atoms with E-state index in [2.05, 4.69) is 11.6 Å². The quantitative estimate of drug-likeness (QED) is 0.911. The number of rotatable bonds is 5. The Bertz CT molecular complexity index is 659. The van der Waals surface area contributed by atoms with Crippen molar-refractivity contribution in [2.24, 2.45) is 0 Å². The molecule has 0 spiro atoms. The predicted molar refractivity (Wildman–Crippen MR) is 82.4 cm³/mol. The highest BCUT2D eigenvalue weighted by atomic mass is 32.2. The van der Waals surface area contributed by atoms with Crippen LogP contribution in [0, 0.1) is 6.92 Å². The van der Waals surface area contributed by atoms with Crippen molar-refractivity contribution < 1.29 is 8.42 Å². The Morgan fingerprint density at radius 3 is 2.10 bits per heavy atom. The molecule has 4 heteroatoms. The lowest BCUT2D eigenvalue weighted by Crippen LogP contribution is -2.12. The van der Waals surface area contributed by atoms with Gasteiger partial charge in [0.1, 0.15) is 0 Å². The number of hydrogen-bond acceptors (Lipinski definition) is 2. The van der Waals surface area contributed by atoms with Gasteiger partial charge in [0.2, 0.25) is 0 Å². The molecule has 0 aliphatic rings. The molecule has 0 saturated carbocycles. The van der Waals surface area contributed by atoms with Crippen LogP contribution in [0.1, 0.15) is 24.5 Å². The van der Waals surface area contributed by atoms with Crippen molar-refractivity contribution in [3.8, 4) is 0 Å². The summed E-state index contributed by atoms with van der Waals surface area (Å²) in [7, 11) is -3.51. The molecule has 0 fully saturated rings. The van der Waals surface area contributed by atoms with Gasteiger partial charge in [0.25, 0.3) is 10.0 Å². The van der Waals surface area contributed by atoms with E-state index in [1.165, 1.54) is 5.56 Å². The highest BCUT2D eigenvalue weighted by Crippen LogP contribution is 2.17. The second kappa shape index (κ2) is 6.09. The zero-order valence-corrected chi connectivity index (χ0v) is 12.6. The van der Waals surface area contributed by atoms with Crippen LogP contribution in [-0.2, 0) is 16.4 Å². The van der Waals surface area contributed by atoms with Crippen LogP contribution in [0.4, 0.5) is 5.69 Å². The standard InChI is InChI=1S/C16H19NO2S/c1-3-4-14-7-9-15(10-8-14)17-20(18,19)16-11-5-13(2)6-12-16/h5-12,17H,3-4H2,1-2H3. The number of hydrogen-bond donors (Lipinski definition) is 1. The Kier molecular flexibility index (Phi) is 4.45. The lowest BCUT2D eigenvalue weighted by molar-refractivity contribution is 0.601. The largest absolute Gasteiger partial charge is 0.280 e. The van der Waals surface area contributed by atoms with Crippen molar-refractivity contribution in [3.05, 3.63) is 59.7 Å². The van der Waals surface area contributed by atoms with Gasteiger partial charge < -0.3 is 0 Å². The number of sulfonamides is 1. The van der Waals surface area contributed by atoms with E-state index in [1.54, 1.807) is 36.4 Å². The fraction of sp³-hybridized carbons (Fsp3) is 0.250. The molecule has 0 aliphatic heterocycles.